The summed E-state index contributed by atoms with van der Waals surface area (Å²) in [5.74, 6) is 0.302. The van der Waals surface area contributed by atoms with E-state index in [0.717, 1.165) is 23.1 Å². The molecule has 0 heterocycles. The molecule has 3 rings (SSSR count). The molecular formula is C38H51N3O6. The van der Waals surface area contributed by atoms with Gasteiger partial charge in [0.15, 0.2) is 0 Å². The zero-order valence-corrected chi connectivity index (χ0v) is 29.2. The minimum Gasteiger partial charge on any atom is -0.508 e. The summed E-state index contributed by atoms with van der Waals surface area (Å²) in [4.78, 5) is 44.1. The lowest BCUT2D eigenvalue weighted by atomic mass is 9.94. The zero-order valence-electron chi connectivity index (χ0n) is 29.2. The number of aromatic hydroxyl groups is 1. The Morgan fingerprint density at radius 2 is 1.51 bits per heavy atom. The van der Waals surface area contributed by atoms with Crippen molar-refractivity contribution in [2.24, 2.45) is 5.92 Å². The standard InChI is InChI=1S/C38H51N3O6/c1-24(2)10-12-27(5)41(36(44)33(40-37(45)47-38(6,7)8)23-28-13-18-31(42)19-14-28)34(29-15-11-25(3)26(4)22-29)35(43)39-30-16-20-32(46-9)21-17-30/h11,13-22,24,27,33-34,42H,10,12,23H2,1-9H3,(H,39,43)(H,40,45). The van der Waals surface area contributed by atoms with E-state index >= 15 is 0 Å². The molecule has 254 valence electrons. The maximum atomic E-state index is 14.9. The molecule has 9 nitrogen and oxygen atoms in total. The van der Waals surface area contributed by atoms with Gasteiger partial charge in [0, 0.05) is 18.2 Å². The molecule has 0 saturated heterocycles. The van der Waals surface area contributed by atoms with E-state index in [9.17, 15) is 19.5 Å². The molecule has 0 radical (unpaired) electrons. The summed E-state index contributed by atoms with van der Waals surface area (Å²) < 4.78 is 10.8. The summed E-state index contributed by atoms with van der Waals surface area (Å²) in [5, 5.41) is 15.7. The maximum absolute atomic E-state index is 14.9. The first-order chi connectivity index (χ1) is 22.1. The minimum absolute atomic E-state index is 0.0886. The number of aryl methyl sites for hydroxylation is 2. The van der Waals surface area contributed by atoms with Crippen LogP contribution in [0.5, 0.6) is 11.5 Å². The van der Waals surface area contributed by atoms with Gasteiger partial charge in [0.1, 0.15) is 29.2 Å². The highest BCUT2D eigenvalue weighted by atomic mass is 16.6. The Labute approximate surface area is 279 Å². The number of methoxy groups -OCH3 is 1. The van der Waals surface area contributed by atoms with Crippen LogP contribution in [-0.4, -0.2) is 52.7 Å². The predicted molar refractivity (Wildman–Crippen MR) is 186 cm³/mol. The molecule has 0 bridgehead atoms. The second-order valence-corrected chi connectivity index (χ2v) is 13.6. The summed E-state index contributed by atoms with van der Waals surface area (Å²) in [6, 6.07) is 16.8. The fraction of sp³-hybridized carbons (Fsp3) is 0.447. The smallest absolute Gasteiger partial charge is 0.408 e. The number of phenolic OH excluding ortho intramolecular Hbond substituents is 1. The van der Waals surface area contributed by atoms with Crippen molar-refractivity contribution in [3.8, 4) is 11.5 Å². The molecule has 0 aromatic heterocycles. The van der Waals surface area contributed by atoms with Crippen LogP contribution in [0.2, 0.25) is 0 Å². The van der Waals surface area contributed by atoms with Crippen LogP contribution >= 0.6 is 0 Å². The van der Waals surface area contributed by atoms with Crippen molar-refractivity contribution < 1.29 is 29.0 Å². The first-order valence-electron chi connectivity index (χ1n) is 16.2. The van der Waals surface area contributed by atoms with Gasteiger partial charge in [-0.1, -0.05) is 44.2 Å². The summed E-state index contributed by atoms with van der Waals surface area (Å²) in [6.07, 6.45) is 0.840. The molecule has 3 aromatic carbocycles. The average molecular weight is 646 g/mol. The van der Waals surface area contributed by atoms with Gasteiger partial charge in [0.2, 0.25) is 5.91 Å². The van der Waals surface area contributed by atoms with Gasteiger partial charge in [-0.3, -0.25) is 9.59 Å². The number of carbonyl (C=O) groups excluding carboxylic acids is 3. The lowest BCUT2D eigenvalue weighted by Gasteiger charge is -2.39. The molecule has 0 aliphatic carbocycles. The SMILES string of the molecule is COc1ccc(NC(=O)C(c2ccc(C)c(C)c2)N(C(=O)C(Cc2ccc(O)cc2)NC(=O)OC(C)(C)C)C(C)CCC(C)C)cc1. The van der Waals surface area contributed by atoms with Crippen molar-refractivity contribution in [3.05, 3.63) is 89.0 Å². The van der Waals surface area contributed by atoms with E-state index in [4.69, 9.17) is 9.47 Å². The summed E-state index contributed by atoms with van der Waals surface area (Å²) in [6.45, 7) is 15.4. The zero-order chi connectivity index (χ0) is 34.9. The first kappa shape index (κ1) is 36.9. The van der Waals surface area contributed by atoms with Crippen LogP contribution in [0.1, 0.15) is 82.7 Å². The van der Waals surface area contributed by atoms with Gasteiger partial charge in [0.25, 0.3) is 5.91 Å². The third kappa shape index (κ3) is 11.0. The number of ether oxygens (including phenoxy) is 2. The second kappa shape index (κ2) is 16.3. The van der Waals surface area contributed by atoms with Crippen molar-refractivity contribution in [3.63, 3.8) is 0 Å². The Balaban J connectivity index is 2.15. The lowest BCUT2D eigenvalue weighted by molar-refractivity contribution is -0.143. The van der Waals surface area contributed by atoms with Gasteiger partial charge in [0.05, 0.1) is 7.11 Å². The Bertz CT molecular complexity index is 1500. The number of hydrogen-bond donors (Lipinski definition) is 3. The predicted octanol–water partition coefficient (Wildman–Crippen LogP) is 7.49. The van der Waals surface area contributed by atoms with E-state index < -0.39 is 29.7 Å². The van der Waals surface area contributed by atoms with Gasteiger partial charge < -0.3 is 30.1 Å². The Hall–Kier alpha value is -4.53. The highest BCUT2D eigenvalue weighted by Gasteiger charge is 2.39. The van der Waals surface area contributed by atoms with Crippen molar-refractivity contribution in [1.29, 1.82) is 0 Å². The van der Waals surface area contributed by atoms with E-state index in [0.29, 0.717) is 29.3 Å². The largest absolute Gasteiger partial charge is 0.508 e. The maximum Gasteiger partial charge on any atom is 0.408 e. The number of anilines is 1. The molecule has 3 aromatic rings. The van der Waals surface area contributed by atoms with Crippen LogP contribution in [0.15, 0.2) is 66.7 Å². The third-order valence-corrected chi connectivity index (χ3v) is 7.99. The monoisotopic (exact) mass is 645 g/mol. The van der Waals surface area contributed by atoms with Crippen LogP contribution in [0.4, 0.5) is 10.5 Å². The summed E-state index contributed by atoms with van der Waals surface area (Å²) in [7, 11) is 1.57. The number of hydrogen-bond acceptors (Lipinski definition) is 6. The van der Waals surface area contributed by atoms with E-state index in [1.54, 1.807) is 69.2 Å². The Morgan fingerprint density at radius 3 is 2.06 bits per heavy atom. The normalized spacial score (nSPS) is 13.3. The molecule has 3 N–H and O–H groups in total. The number of alkyl carbamates (subject to hydrolysis) is 1. The van der Waals surface area contributed by atoms with E-state index in [1.807, 2.05) is 39.0 Å². The number of nitrogens with zero attached hydrogens (tertiary/aromatic N) is 1. The molecule has 9 heteroatoms. The third-order valence-electron chi connectivity index (χ3n) is 7.99. The minimum atomic E-state index is -1.07. The molecule has 0 aliphatic rings. The number of amides is 3. The number of carbonyl (C=O) groups is 3. The van der Waals surface area contributed by atoms with Crippen LogP contribution in [-0.2, 0) is 20.7 Å². The average Bonchev–Trinajstić information content (AvgIpc) is 3.00. The van der Waals surface area contributed by atoms with Crippen molar-refractivity contribution in [1.82, 2.24) is 10.2 Å². The molecule has 0 aliphatic heterocycles. The highest BCUT2D eigenvalue weighted by molar-refractivity contribution is 5.99. The molecule has 0 spiro atoms. The van der Waals surface area contributed by atoms with Gasteiger partial charge >= 0.3 is 6.09 Å². The molecular weight excluding hydrogens is 594 g/mol. The van der Waals surface area contributed by atoms with E-state index in [2.05, 4.69) is 24.5 Å². The summed E-state index contributed by atoms with van der Waals surface area (Å²) in [5.41, 5.74) is 3.19. The molecule has 47 heavy (non-hydrogen) atoms. The molecule has 3 atom stereocenters. The first-order valence-corrected chi connectivity index (χ1v) is 16.2. The van der Waals surface area contributed by atoms with Gasteiger partial charge in [-0.25, -0.2) is 4.79 Å². The Morgan fingerprint density at radius 1 is 0.872 bits per heavy atom. The number of benzene rings is 3. The highest BCUT2D eigenvalue weighted by Crippen LogP contribution is 2.31. The van der Waals surface area contributed by atoms with E-state index in [-0.39, 0.29) is 24.1 Å². The quantitative estimate of drug-likeness (QED) is 0.177. The Kier molecular flexibility index (Phi) is 12.8. The summed E-state index contributed by atoms with van der Waals surface area (Å²) >= 11 is 0. The van der Waals surface area contributed by atoms with Gasteiger partial charge in [-0.05, 0) is 119 Å². The van der Waals surface area contributed by atoms with Crippen LogP contribution in [0, 0.1) is 19.8 Å². The molecule has 0 saturated carbocycles. The van der Waals surface area contributed by atoms with Gasteiger partial charge in [-0.2, -0.15) is 0 Å². The number of nitrogens with one attached hydrogen (secondary N) is 2. The lowest BCUT2D eigenvalue weighted by Crippen LogP contribution is -2.55. The molecule has 0 fully saturated rings. The molecule has 3 amide bonds. The molecule has 3 unspecified atom stereocenters. The number of rotatable bonds is 13. The van der Waals surface area contributed by atoms with Gasteiger partial charge in [-0.15, -0.1) is 0 Å². The second-order valence-electron chi connectivity index (χ2n) is 13.6. The fourth-order valence-corrected chi connectivity index (χ4v) is 5.27. The van der Waals surface area contributed by atoms with Crippen LogP contribution in [0.3, 0.4) is 0 Å². The fourth-order valence-electron chi connectivity index (χ4n) is 5.27. The van der Waals surface area contributed by atoms with Crippen molar-refractivity contribution in [2.75, 3.05) is 12.4 Å². The topological polar surface area (TPSA) is 117 Å². The van der Waals surface area contributed by atoms with Crippen molar-refractivity contribution in [2.45, 2.75) is 98.4 Å². The van der Waals surface area contributed by atoms with Crippen LogP contribution in [0.25, 0.3) is 0 Å². The van der Waals surface area contributed by atoms with Crippen LogP contribution < -0.4 is 15.4 Å². The van der Waals surface area contributed by atoms with E-state index in [1.165, 1.54) is 12.1 Å². The van der Waals surface area contributed by atoms with Crippen molar-refractivity contribution >= 4 is 23.6 Å². The number of phenols is 1.